The normalized spacial score (nSPS) is 17.1. The Kier molecular flexibility index (Phi) is 4.17. The van der Waals surface area contributed by atoms with Gasteiger partial charge in [0.1, 0.15) is 5.82 Å². The summed E-state index contributed by atoms with van der Waals surface area (Å²) in [6.45, 7) is 4.46. The molecular formula is C21H22N4OS. The molecule has 0 bridgehead atoms. The van der Waals surface area contributed by atoms with Gasteiger partial charge in [-0.2, -0.15) is 0 Å². The van der Waals surface area contributed by atoms with Crippen molar-refractivity contribution in [1.82, 2.24) is 19.9 Å². The second-order valence-corrected chi connectivity index (χ2v) is 8.77. The molecule has 3 aromatic rings. The molecule has 3 heterocycles. The Morgan fingerprint density at radius 1 is 1.22 bits per heavy atom. The smallest absolute Gasteiger partial charge is 0.255 e. The molecule has 1 fully saturated rings. The van der Waals surface area contributed by atoms with Gasteiger partial charge in [-0.25, -0.2) is 9.97 Å². The van der Waals surface area contributed by atoms with E-state index in [0.717, 1.165) is 65.7 Å². The Morgan fingerprint density at radius 3 is 2.81 bits per heavy atom. The first kappa shape index (κ1) is 16.8. The lowest BCUT2D eigenvalue weighted by atomic mass is 10.1. The minimum absolute atomic E-state index is 0.0513. The van der Waals surface area contributed by atoms with Gasteiger partial charge in [-0.05, 0) is 19.8 Å². The van der Waals surface area contributed by atoms with E-state index in [1.165, 1.54) is 4.88 Å². The molecule has 0 radical (unpaired) electrons. The fraction of sp³-hybridized carbons (Fsp3) is 0.381. The molecule has 0 atom stereocenters. The van der Waals surface area contributed by atoms with Gasteiger partial charge in [0, 0.05) is 42.4 Å². The Morgan fingerprint density at radius 2 is 2.04 bits per heavy atom. The van der Waals surface area contributed by atoms with Crippen LogP contribution in [0.1, 0.15) is 45.7 Å². The molecular weight excluding hydrogens is 356 g/mol. The molecule has 0 saturated heterocycles. The van der Waals surface area contributed by atoms with Gasteiger partial charge >= 0.3 is 0 Å². The van der Waals surface area contributed by atoms with Crippen molar-refractivity contribution in [1.29, 1.82) is 0 Å². The van der Waals surface area contributed by atoms with Gasteiger partial charge in [-0.3, -0.25) is 9.69 Å². The number of hydrogen-bond donors (Lipinski definition) is 1. The van der Waals surface area contributed by atoms with Crippen LogP contribution in [0.2, 0.25) is 0 Å². The van der Waals surface area contributed by atoms with E-state index in [1.54, 1.807) is 11.3 Å². The highest BCUT2D eigenvalue weighted by Gasteiger charge is 2.29. The lowest BCUT2D eigenvalue weighted by molar-refractivity contribution is 0.243. The van der Waals surface area contributed by atoms with Crippen LogP contribution in [0, 0.1) is 6.92 Å². The van der Waals surface area contributed by atoms with E-state index < -0.39 is 0 Å². The molecule has 5 nitrogen and oxygen atoms in total. The maximum Gasteiger partial charge on any atom is 0.255 e. The molecule has 6 heteroatoms. The van der Waals surface area contributed by atoms with Crippen molar-refractivity contribution >= 4 is 11.3 Å². The van der Waals surface area contributed by atoms with Crippen LogP contribution < -0.4 is 5.56 Å². The Balaban J connectivity index is 1.40. The molecule has 27 heavy (non-hydrogen) atoms. The molecule has 1 aromatic carbocycles. The highest BCUT2D eigenvalue weighted by atomic mass is 32.1. The minimum Gasteiger partial charge on any atom is -0.310 e. The fourth-order valence-corrected chi connectivity index (χ4v) is 4.79. The highest BCUT2D eigenvalue weighted by molar-refractivity contribution is 7.12. The third kappa shape index (κ3) is 3.35. The van der Waals surface area contributed by atoms with E-state index in [0.29, 0.717) is 12.5 Å². The zero-order chi connectivity index (χ0) is 18.4. The van der Waals surface area contributed by atoms with Crippen molar-refractivity contribution in [2.45, 2.75) is 45.2 Å². The first-order valence-corrected chi connectivity index (χ1v) is 10.3. The van der Waals surface area contributed by atoms with E-state index in [-0.39, 0.29) is 5.56 Å². The number of nitrogens with zero attached hydrogens (tertiary/aromatic N) is 3. The highest BCUT2D eigenvalue weighted by Crippen LogP contribution is 2.38. The van der Waals surface area contributed by atoms with E-state index >= 15 is 0 Å². The van der Waals surface area contributed by atoms with Crippen LogP contribution in [0.25, 0.3) is 11.3 Å². The van der Waals surface area contributed by atoms with Crippen LogP contribution in [-0.2, 0) is 19.5 Å². The van der Waals surface area contributed by atoms with E-state index in [9.17, 15) is 4.79 Å². The molecule has 0 amide bonds. The number of nitrogens with one attached hydrogen (secondary N) is 1. The summed E-state index contributed by atoms with van der Waals surface area (Å²) in [7, 11) is 0. The van der Waals surface area contributed by atoms with Gasteiger partial charge in [0.25, 0.3) is 5.56 Å². The van der Waals surface area contributed by atoms with Crippen molar-refractivity contribution in [2.75, 3.05) is 6.54 Å². The number of benzene rings is 1. The van der Waals surface area contributed by atoms with Gasteiger partial charge in [0.05, 0.1) is 22.0 Å². The van der Waals surface area contributed by atoms with Gasteiger partial charge in [0.2, 0.25) is 0 Å². The number of rotatable bonds is 4. The number of fused-ring (bicyclic) bond motifs is 1. The van der Waals surface area contributed by atoms with Gasteiger partial charge in [-0.1, -0.05) is 30.3 Å². The summed E-state index contributed by atoms with van der Waals surface area (Å²) in [6, 6.07) is 10.3. The molecule has 1 aliphatic heterocycles. The third-order valence-corrected chi connectivity index (χ3v) is 6.30. The lowest BCUT2D eigenvalue weighted by Gasteiger charge is -2.27. The maximum atomic E-state index is 12.6. The first-order valence-electron chi connectivity index (χ1n) is 9.53. The maximum absolute atomic E-state index is 12.6. The quantitative estimate of drug-likeness (QED) is 0.753. The van der Waals surface area contributed by atoms with Crippen molar-refractivity contribution in [2.24, 2.45) is 0 Å². The molecule has 0 unspecified atom stereocenters. The zero-order valence-electron chi connectivity index (χ0n) is 15.4. The van der Waals surface area contributed by atoms with Crippen LogP contribution >= 0.6 is 11.3 Å². The predicted molar refractivity (Wildman–Crippen MR) is 107 cm³/mol. The van der Waals surface area contributed by atoms with Crippen LogP contribution in [0.4, 0.5) is 0 Å². The topological polar surface area (TPSA) is 61.9 Å². The number of aromatic nitrogens is 3. The number of aryl methyl sites for hydroxylation is 1. The summed E-state index contributed by atoms with van der Waals surface area (Å²) in [4.78, 5) is 28.7. The molecule has 2 aromatic heterocycles. The van der Waals surface area contributed by atoms with Crippen molar-refractivity contribution in [3.05, 3.63) is 67.7 Å². The molecule has 5 rings (SSSR count). The van der Waals surface area contributed by atoms with E-state index in [1.807, 2.05) is 18.2 Å². The average molecular weight is 379 g/mol. The number of H-pyrrole nitrogens is 1. The second kappa shape index (κ2) is 6.69. The summed E-state index contributed by atoms with van der Waals surface area (Å²) < 4.78 is 0. The van der Waals surface area contributed by atoms with E-state index in [2.05, 4.69) is 28.9 Å². The number of thiazole rings is 1. The van der Waals surface area contributed by atoms with Crippen LogP contribution in [0.5, 0.6) is 0 Å². The standard InChI is InChI=1S/C21H22N4OS/c1-13-22-19(14-5-3-2-4-6-14)18(27-13)12-25-10-9-17-16(11-25)21(26)24-20(23-17)15-7-8-15/h2-6,15H,7-12H2,1H3,(H,23,24,26). The Labute approximate surface area is 162 Å². The summed E-state index contributed by atoms with van der Waals surface area (Å²) in [6.07, 6.45) is 3.15. The largest absolute Gasteiger partial charge is 0.310 e. The average Bonchev–Trinajstić information content (AvgIpc) is 3.46. The molecule has 1 N–H and O–H groups in total. The summed E-state index contributed by atoms with van der Waals surface area (Å²) in [5.74, 6) is 1.38. The van der Waals surface area contributed by atoms with Crippen molar-refractivity contribution in [3.63, 3.8) is 0 Å². The molecule has 2 aliphatic rings. The zero-order valence-corrected chi connectivity index (χ0v) is 16.2. The number of hydrogen-bond acceptors (Lipinski definition) is 5. The summed E-state index contributed by atoms with van der Waals surface area (Å²) in [5.41, 5.74) is 4.12. The minimum atomic E-state index is 0.0513. The first-order chi connectivity index (χ1) is 13.2. The van der Waals surface area contributed by atoms with Crippen molar-refractivity contribution in [3.8, 4) is 11.3 Å². The monoisotopic (exact) mass is 378 g/mol. The van der Waals surface area contributed by atoms with Gasteiger partial charge < -0.3 is 4.98 Å². The van der Waals surface area contributed by atoms with E-state index in [4.69, 9.17) is 9.97 Å². The Bertz CT molecular complexity index is 1040. The van der Waals surface area contributed by atoms with Crippen LogP contribution in [-0.4, -0.2) is 26.4 Å². The van der Waals surface area contributed by atoms with Crippen LogP contribution in [0.15, 0.2) is 35.1 Å². The molecule has 138 valence electrons. The van der Waals surface area contributed by atoms with Crippen molar-refractivity contribution < 1.29 is 0 Å². The van der Waals surface area contributed by atoms with Gasteiger partial charge in [-0.15, -0.1) is 11.3 Å². The number of aromatic amines is 1. The SMILES string of the molecule is Cc1nc(-c2ccccc2)c(CN2CCc3nc(C4CC4)[nH]c(=O)c3C2)s1. The molecule has 0 spiro atoms. The van der Waals surface area contributed by atoms with Crippen LogP contribution in [0.3, 0.4) is 0 Å². The lowest BCUT2D eigenvalue weighted by Crippen LogP contribution is -2.35. The second-order valence-electron chi connectivity index (χ2n) is 7.48. The fourth-order valence-electron chi connectivity index (χ4n) is 3.79. The predicted octanol–water partition coefficient (Wildman–Crippen LogP) is 3.64. The Hall–Kier alpha value is -2.31. The molecule has 1 aliphatic carbocycles. The summed E-state index contributed by atoms with van der Waals surface area (Å²) in [5, 5.41) is 1.08. The summed E-state index contributed by atoms with van der Waals surface area (Å²) >= 11 is 1.75. The third-order valence-electron chi connectivity index (χ3n) is 5.35. The van der Waals surface area contributed by atoms with Gasteiger partial charge in [0.15, 0.2) is 0 Å². The molecule has 1 saturated carbocycles.